The van der Waals surface area contributed by atoms with Gasteiger partial charge in [-0.15, -0.1) is 0 Å². The molecule has 0 atom stereocenters. The highest BCUT2D eigenvalue weighted by molar-refractivity contribution is 6.11. The van der Waals surface area contributed by atoms with Gasteiger partial charge in [0.25, 0.3) is 5.91 Å². The van der Waals surface area contributed by atoms with Crippen molar-refractivity contribution in [3.63, 3.8) is 0 Å². The summed E-state index contributed by atoms with van der Waals surface area (Å²) < 4.78 is 1.86. The quantitative estimate of drug-likeness (QED) is 0.757. The number of hydrogen-bond acceptors (Lipinski definition) is 3. The van der Waals surface area contributed by atoms with Crippen LogP contribution in [0, 0.1) is 0 Å². The van der Waals surface area contributed by atoms with Crippen molar-refractivity contribution in [2.75, 3.05) is 13.1 Å². The van der Waals surface area contributed by atoms with Gasteiger partial charge in [0, 0.05) is 24.1 Å². The molecule has 1 aliphatic rings. The number of amides is 3. The molecule has 1 saturated heterocycles. The van der Waals surface area contributed by atoms with Crippen LogP contribution in [0.1, 0.15) is 10.4 Å². The second-order valence-corrected chi connectivity index (χ2v) is 4.80. The molecule has 0 saturated carbocycles. The largest absolute Gasteiger partial charge is 0.350 e. The van der Waals surface area contributed by atoms with Gasteiger partial charge >= 0.3 is 0 Å². The van der Waals surface area contributed by atoms with Gasteiger partial charge in [0.15, 0.2) is 0 Å². The standard InChI is InChI=1S/C14H13N3O3/c1-16-6-10(9-4-2-3-5-11(9)16)14(20)17-7-12(18)15-13(19)8-17/h2-6H,7-8H2,1H3,(H,15,18,19). The molecule has 3 amide bonds. The molecule has 0 spiro atoms. The summed E-state index contributed by atoms with van der Waals surface area (Å²) in [4.78, 5) is 36.5. The van der Waals surface area contributed by atoms with Gasteiger partial charge in [-0.25, -0.2) is 0 Å². The minimum atomic E-state index is -0.449. The minimum absolute atomic E-state index is 0.0895. The second-order valence-electron chi connectivity index (χ2n) is 4.80. The summed E-state index contributed by atoms with van der Waals surface area (Å²) in [5.41, 5.74) is 1.44. The number of aryl methyl sites for hydroxylation is 1. The Morgan fingerprint density at radius 3 is 2.50 bits per heavy atom. The lowest BCUT2D eigenvalue weighted by molar-refractivity contribution is -0.135. The van der Waals surface area contributed by atoms with Gasteiger partial charge in [-0.05, 0) is 6.07 Å². The van der Waals surface area contributed by atoms with Crippen molar-refractivity contribution < 1.29 is 14.4 Å². The Morgan fingerprint density at radius 1 is 1.15 bits per heavy atom. The van der Waals surface area contributed by atoms with E-state index in [1.165, 1.54) is 4.90 Å². The number of piperazine rings is 1. The van der Waals surface area contributed by atoms with Crippen LogP contribution in [0.4, 0.5) is 0 Å². The first-order valence-electron chi connectivity index (χ1n) is 6.22. The van der Waals surface area contributed by atoms with Gasteiger partial charge in [-0.2, -0.15) is 0 Å². The van der Waals surface area contributed by atoms with Gasteiger partial charge in [0.05, 0.1) is 5.56 Å². The summed E-state index contributed by atoms with van der Waals surface area (Å²) in [6.45, 7) is -0.179. The number of aromatic nitrogens is 1. The normalized spacial score (nSPS) is 15.6. The highest BCUT2D eigenvalue weighted by Gasteiger charge is 2.28. The molecule has 3 rings (SSSR count). The number of hydrogen-bond donors (Lipinski definition) is 1. The van der Waals surface area contributed by atoms with E-state index in [0.29, 0.717) is 5.56 Å². The maximum Gasteiger partial charge on any atom is 0.256 e. The lowest BCUT2D eigenvalue weighted by Gasteiger charge is -2.25. The van der Waals surface area contributed by atoms with E-state index in [0.717, 1.165) is 10.9 Å². The molecular formula is C14H13N3O3. The predicted molar refractivity (Wildman–Crippen MR) is 72.0 cm³/mol. The number of nitrogens with zero attached hydrogens (tertiary/aromatic N) is 2. The second kappa shape index (κ2) is 4.48. The highest BCUT2D eigenvalue weighted by atomic mass is 16.2. The van der Waals surface area contributed by atoms with Gasteiger partial charge in [0.2, 0.25) is 11.8 Å². The summed E-state index contributed by atoms with van der Waals surface area (Å²) in [5, 5.41) is 3.00. The number of fused-ring (bicyclic) bond motifs is 1. The Hall–Kier alpha value is -2.63. The molecule has 1 fully saturated rings. The molecule has 0 radical (unpaired) electrons. The van der Waals surface area contributed by atoms with Crippen LogP contribution in [0.15, 0.2) is 30.5 Å². The number of carbonyl (C=O) groups excluding carboxylic acids is 3. The molecule has 0 bridgehead atoms. The Bertz CT molecular complexity index is 716. The molecular weight excluding hydrogens is 258 g/mol. The fourth-order valence-electron chi connectivity index (χ4n) is 2.46. The number of benzene rings is 1. The van der Waals surface area contributed by atoms with Crippen LogP contribution in [0.2, 0.25) is 0 Å². The number of nitrogens with one attached hydrogen (secondary N) is 1. The Balaban J connectivity index is 2.00. The topological polar surface area (TPSA) is 71.4 Å². The van der Waals surface area contributed by atoms with Crippen LogP contribution in [-0.4, -0.2) is 40.3 Å². The van der Waals surface area contributed by atoms with E-state index in [4.69, 9.17) is 0 Å². The summed E-state index contributed by atoms with van der Waals surface area (Å²) >= 11 is 0. The lowest BCUT2D eigenvalue weighted by atomic mass is 10.1. The third-order valence-electron chi connectivity index (χ3n) is 3.36. The molecule has 102 valence electrons. The Morgan fingerprint density at radius 2 is 1.80 bits per heavy atom. The summed E-state index contributed by atoms with van der Waals surface area (Å²) in [5.74, 6) is -1.20. The van der Waals surface area contributed by atoms with E-state index in [2.05, 4.69) is 5.32 Å². The fourth-order valence-corrected chi connectivity index (χ4v) is 2.46. The SMILES string of the molecule is Cn1cc(C(=O)N2CC(=O)NC(=O)C2)c2ccccc21. The zero-order chi connectivity index (χ0) is 14.3. The molecule has 2 aromatic rings. The van der Waals surface area contributed by atoms with Crippen LogP contribution in [0.25, 0.3) is 10.9 Å². The Labute approximate surface area is 115 Å². The van der Waals surface area contributed by atoms with E-state index < -0.39 is 11.8 Å². The third-order valence-corrected chi connectivity index (χ3v) is 3.36. The molecule has 0 aliphatic carbocycles. The van der Waals surface area contributed by atoms with Crippen molar-refractivity contribution in [3.8, 4) is 0 Å². The monoisotopic (exact) mass is 271 g/mol. The van der Waals surface area contributed by atoms with Crippen molar-refractivity contribution in [1.82, 2.24) is 14.8 Å². The molecule has 20 heavy (non-hydrogen) atoms. The van der Waals surface area contributed by atoms with E-state index in [-0.39, 0.29) is 19.0 Å². The number of carbonyl (C=O) groups is 3. The van der Waals surface area contributed by atoms with Crippen LogP contribution < -0.4 is 5.32 Å². The zero-order valence-corrected chi connectivity index (χ0v) is 10.9. The maximum absolute atomic E-state index is 12.5. The van der Waals surface area contributed by atoms with Crippen molar-refractivity contribution >= 4 is 28.6 Å². The predicted octanol–water partition coefficient (Wildman–Crippen LogP) is 0.277. The van der Waals surface area contributed by atoms with Crippen LogP contribution in [0.3, 0.4) is 0 Å². The lowest BCUT2D eigenvalue weighted by Crippen LogP contribution is -2.53. The van der Waals surface area contributed by atoms with Crippen molar-refractivity contribution in [2.45, 2.75) is 0 Å². The van der Waals surface area contributed by atoms with Crippen molar-refractivity contribution in [3.05, 3.63) is 36.0 Å². The first-order chi connectivity index (χ1) is 9.56. The van der Waals surface area contributed by atoms with E-state index in [9.17, 15) is 14.4 Å². The molecule has 0 unspecified atom stereocenters. The summed E-state index contributed by atoms with van der Waals surface area (Å²) in [6.07, 6.45) is 1.73. The van der Waals surface area contributed by atoms with Gasteiger partial charge < -0.3 is 9.47 Å². The molecule has 6 nitrogen and oxygen atoms in total. The van der Waals surface area contributed by atoms with Gasteiger partial charge in [0.1, 0.15) is 13.1 Å². The van der Waals surface area contributed by atoms with Crippen LogP contribution in [0.5, 0.6) is 0 Å². The first kappa shape index (κ1) is 12.4. The molecule has 1 aromatic carbocycles. The van der Waals surface area contributed by atoms with Crippen molar-refractivity contribution in [1.29, 1.82) is 0 Å². The summed E-state index contributed by atoms with van der Waals surface area (Å²) in [6, 6.07) is 7.52. The van der Waals surface area contributed by atoms with Crippen LogP contribution in [-0.2, 0) is 16.6 Å². The average Bonchev–Trinajstić information content (AvgIpc) is 2.75. The molecule has 2 heterocycles. The summed E-state index contributed by atoms with van der Waals surface area (Å²) in [7, 11) is 1.85. The smallest absolute Gasteiger partial charge is 0.256 e. The molecule has 6 heteroatoms. The van der Waals surface area contributed by atoms with E-state index in [1.54, 1.807) is 6.20 Å². The first-order valence-corrected chi connectivity index (χ1v) is 6.22. The zero-order valence-electron chi connectivity index (χ0n) is 10.9. The third kappa shape index (κ3) is 1.95. The van der Waals surface area contributed by atoms with Crippen LogP contribution >= 0.6 is 0 Å². The number of rotatable bonds is 1. The van der Waals surface area contributed by atoms with Gasteiger partial charge in [-0.3, -0.25) is 19.7 Å². The average molecular weight is 271 g/mol. The van der Waals surface area contributed by atoms with E-state index >= 15 is 0 Å². The molecule has 1 aromatic heterocycles. The van der Waals surface area contributed by atoms with E-state index in [1.807, 2.05) is 35.9 Å². The number of para-hydroxylation sites is 1. The molecule has 1 N–H and O–H groups in total. The Kier molecular flexibility index (Phi) is 2.78. The number of imide groups is 1. The fraction of sp³-hybridized carbons (Fsp3) is 0.214. The molecule has 1 aliphatic heterocycles. The maximum atomic E-state index is 12.5. The highest BCUT2D eigenvalue weighted by Crippen LogP contribution is 2.21. The minimum Gasteiger partial charge on any atom is -0.350 e. The van der Waals surface area contributed by atoms with Gasteiger partial charge in [-0.1, -0.05) is 18.2 Å². The van der Waals surface area contributed by atoms with Crippen molar-refractivity contribution in [2.24, 2.45) is 7.05 Å².